The summed E-state index contributed by atoms with van der Waals surface area (Å²) in [6.45, 7) is 0.277. The summed E-state index contributed by atoms with van der Waals surface area (Å²) >= 11 is 0. The lowest BCUT2D eigenvalue weighted by Gasteiger charge is -2.17. The van der Waals surface area contributed by atoms with E-state index in [-0.39, 0.29) is 19.0 Å². The standard InChI is InChI=1S/C14H20FN3O2/c1-18(11-4-5-11)14(16)17-8-12(19)9-20-13-6-2-10(15)3-7-13/h2-3,6-7,11-12,19H,4-5,8-9H2,1H3,(H2,16,17). The fourth-order valence-corrected chi connectivity index (χ4v) is 1.74. The van der Waals surface area contributed by atoms with E-state index in [2.05, 4.69) is 4.99 Å². The van der Waals surface area contributed by atoms with Crippen molar-refractivity contribution in [1.82, 2.24) is 4.90 Å². The predicted octanol–water partition coefficient (Wildman–Crippen LogP) is 0.974. The van der Waals surface area contributed by atoms with Gasteiger partial charge in [-0.1, -0.05) is 0 Å². The van der Waals surface area contributed by atoms with Crippen LogP contribution in [0.15, 0.2) is 29.3 Å². The fourth-order valence-electron chi connectivity index (χ4n) is 1.74. The Bertz CT molecular complexity index is 460. The molecule has 1 unspecified atom stereocenters. The third kappa shape index (κ3) is 4.38. The Morgan fingerprint density at radius 1 is 1.50 bits per heavy atom. The average Bonchev–Trinajstić information content (AvgIpc) is 3.28. The van der Waals surface area contributed by atoms with Crippen LogP contribution in [0.3, 0.4) is 0 Å². The minimum absolute atomic E-state index is 0.0928. The van der Waals surface area contributed by atoms with E-state index in [0.29, 0.717) is 17.8 Å². The van der Waals surface area contributed by atoms with Gasteiger partial charge in [0.1, 0.15) is 24.3 Å². The molecular weight excluding hydrogens is 261 g/mol. The topological polar surface area (TPSA) is 71.1 Å². The van der Waals surface area contributed by atoms with Gasteiger partial charge in [-0.05, 0) is 37.1 Å². The molecule has 5 nitrogen and oxygen atoms in total. The lowest BCUT2D eigenvalue weighted by Crippen LogP contribution is -2.36. The highest BCUT2D eigenvalue weighted by atomic mass is 19.1. The molecule has 110 valence electrons. The van der Waals surface area contributed by atoms with Crippen molar-refractivity contribution in [3.63, 3.8) is 0 Å². The van der Waals surface area contributed by atoms with Crippen LogP contribution in [0.25, 0.3) is 0 Å². The maximum atomic E-state index is 12.7. The number of ether oxygens (including phenoxy) is 1. The Balaban J connectivity index is 1.73. The van der Waals surface area contributed by atoms with Crippen molar-refractivity contribution in [2.75, 3.05) is 20.2 Å². The van der Waals surface area contributed by atoms with Gasteiger partial charge >= 0.3 is 0 Å². The Kier molecular flexibility index (Phi) is 4.79. The van der Waals surface area contributed by atoms with Crippen LogP contribution in [0.5, 0.6) is 5.75 Å². The number of hydrogen-bond donors (Lipinski definition) is 2. The number of benzene rings is 1. The van der Waals surface area contributed by atoms with Gasteiger partial charge in [0.05, 0.1) is 6.54 Å². The van der Waals surface area contributed by atoms with E-state index in [9.17, 15) is 9.50 Å². The number of aliphatic imine (C=N–C) groups is 1. The number of rotatable bonds is 6. The summed E-state index contributed by atoms with van der Waals surface area (Å²) in [5.74, 6) is 0.629. The summed E-state index contributed by atoms with van der Waals surface area (Å²) in [6, 6.07) is 6.14. The van der Waals surface area contributed by atoms with Gasteiger partial charge in [-0.15, -0.1) is 0 Å². The van der Waals surface area contributed by atoms with Gasteiger partial charge in [-0.2, -0.15) is 0 Å². The molecule has 2 rings (SSSR count). The molecular formula is C14H20FN3O2. The van der Waals surface area contributed by atoms with Crippen LogP contribution >= 0.6 is 0 Å². The highest BCUT2D eigenvalue weighted by Gasteiger charge is 2.27. The first kappa shape index (κ1) is 14.6. The van der Waals surface area contributed by atoms with Crippen molar-refractivity contribution < 1.29 is 14.2 Å². The Morgan fingerprint density at radius 3 is 2.75 bits per heavy atom. The minimum Gasteiger partial charge on any atom is -0.491 e. The van der Waals surface area contributed by atoms with Crippen molar-refractivity contribution in [3.8, 4) is 5.75 Å². The highest BCUT2D eigenvalue weighted by molar-refractivity contribution is 5.78. The largest absolute Gasteiger partial charge is 0.491 e. The molecule has 1 fully saturated rings. The summed E-state index contributed by atoms with van der Waals surface area (Å²) in [5, 5.41) is 9.77. The van der Waals surface area contributed by atoms with Crippen LogP contribution in [0.4, 0.5) is 4.39 Å². The van der Waals surface area contributed by atoms with E-state index < -0.39 is 6.10 Å². The third-order valence-corrected chi connectivity index (χ3v) is 3.18. The first-order valence-corrected chi connectivity index (χ1v) is 6.65. The molecule has 0 amide bonds. The molecule has 6 heteroatoms. The summed E-state index contributed by atoms with van der Waals surface area (Å²) < 4.78 is 18.0. The van der Waals surface area contributed by atoms with Crippen molar-refractivity contribution in [2.45, 2.75) is 25.0 Å². The molecule has 0 aliphatic heterocycles. The van der Waals surface area contributed by atoms with E-state index in [0.717, 1.165) is 12.8 Å². The molecule has 0 spiro atoms. The summed E-state index contributed by atoms with van der Waals surface area (Å²) in [4.78, 5) is 6.07. The van der Waals surface area contributed by atoms with Gasteiger partial charge in [-0.3, -0.25) is 4.99 Å². The molecule has 1 aromatic rings. The van der Waals surface area contributed by atoms with Crippen LogP contribution in [0.2, 0.25) is 0 Å². The minimum atomic E-state index is -0.744. The van der Waals surface area contributed by atoms with Gasteiger partial charge in [0.2, 0.25) is 0 Å². The zero-order valence-corrected chi connectivity index (χ0v) is 11.5. The normalized spacial score (nSPS) is 16.9. The summed E-state index contributed by atoms with van der Waals surface area (Å²) in [7, 11) is 1.90. The maximum absolute atomic E-state index is 12.7. The predicted molar refractivity (Wildman–Crippen MR) is 75.2 cm³/mol. The SMILES string of the molecule is CN(C(N)=NCC(O)COc1ccc(F)cc1)C1CC1. The fraction of sp³-hybridized carbons (Fsp3) is 0.500. The second-order valence-electron chi connectivity index (χ2n) is 4.96. The molecule has 0 heterocycles. The first-order valence-electron chi connectivity index (χ1n) is 6.65. The van der Waals surface area contributed by atoms with E-state index in [1.54, 1.807) is 0 Å². The Labute approximate surface area is 117 Å². The van der Waals surface area contributed by atoms with Gasteiger partial charge in [0, 0.05) is 13.1 Å². The van der Waals surface area contributed by atoms with E-state index in [1.165, 1.54) is 24.3 Å². The molecule has 1 aromatic carbocycles. The molecule has 1 aliphatic rings. The van der Waals surface area contributed by atoms with Crippen molar-refractivity contribution in [2.24, 2.45) is 10.7 Å². The van der Waals surface area contributed by atoms with Gasteiger partial charge in [0.15, 0.2) is 5.96 Å². The molecule has 3 N–H and O–H groups in total. The number of nitrogens with two attached hydrogens (primary N) is 1. The van der Waals surface area contributed by atoms with E-state index in [4.69, 9.17) is 10.5 Å². The number of halogens is 1. The number of guanidine groups is 1. The number of nitrogens with zero attached hydrogens (tertiary/aromatic N) is 2. The molecule has 1 saturated carbocycles. The number of aliphatic hydroxyl groups is 1. The second kappa shape index (κ2) is 6.56. The van der Waals surface area contributed by atoms with Crippen molar-refractivity contribution in [3.05, 3.63) is 30.1 Å². The number of hydrogen-bond acceptors (Lipinski definition) is 3. The molecule has 0 bridgehead atoms. The van der Waals surface area contributed by atoms with Crippen LogP contribution in [-0.2, 0) is 0 Å². The smallest absolute Gasteiger partial charge is 0.191 e. The monoisotopic (exact) mass is 281 g/mol. The summed E-state index contributed by atoms with van der Waals surface area (Å²) in [6.07, 6.45) is 1.54. The highest BCUT2D eigenvalue weighted by Crippen LogP contribution is 2.24. The zero-order valence-electron chi connectivity index (χ0n) is 11.5. The zero-order chi connectivity index (χ0) is 14.5. The third-order valence-electron chi connectivity index (χ3n) is 3.18. The van der Waals surface area contributed by atoms with E-state index >= 15 is 0 Å². The van der Waals surface area contributed by atoms with Crippen LogP contribution < -0.4 is 10.5 Å². The van der Waals surface area contributed by atoms with Gasteiger partial charge in [-0.25, -0.2) is 4.39 Å². The number of aliphatic hydroxyl groups excluding tert-OH is 1. The molecule has 0 saturated heterocycles. The molecule has 20 heavy (non-hydrogen) atoms. The second-order valence-corrected chi connectivity index (χ2v) is 4.96. The van der Waals surface area contributed by atoms with Crippen molar-refractivity contribution >= 4 is 5.96 Å². The van der Waals surface area contributed by atoms with Gasteiger partial charge < -0.3 is 20.5 Å². The summed E-state index contributed by atoms with van der Waals surface area (Å²) in [5.41, 5.74) is 5.81. The molecule has 0 radical (unpaired) electrons. The quantitative estimate of drug-likeness (QED) is 0.602. The molecule has 1 aliphatic carbocycles. The van der Waals surface area contributed by atoms with Crippen LogP contribution in [0, 0.1) is 5.82 Å². The Hall–Kier alpha value is -1.82. The molecule has 0 aromatic heterocycles. The van der Waals surface area contributed by atoms with Crippen molar-refractivity contribution in [1.29, 1.82) is 0 Å². The first-order chi connectivity index (χ1) is 9.56. The van der Waals surface area contributed by atoms with Crippen LogP contribution in [-0.4, -0.2) is 48.3 Å². The lowest BCUT2D eigenvalue weighted by molar-refractivity contribution is 0.114. The van der Waals surface area contributed by atoms with E-state index in [1.807, 2.05) is 11.9 Å². The van der Waals surface area contributed by atoms with Crippen LogP contribution in [0.1, 0.15) is 12.8 Å². The lowest BCUT2D eigenvalue weighted by atomic mass is 10.3. The molecule has 1 atom stereocenters. The maximum Gasteiger partial charge on any atom is 0.191 e. The van der Waals surface area contributed by atoms with Gasteiger partial charge in [0.25, 0.3) is 0 Å². The average molecular weight is 281 g/mol. The Morgan fingerprint density at radius 2 is 2.15 bits per heavy atom.